The first kappa shape index (κ1) is 41.2. The molecule has 3 aromatic rings. The summed E-state index contributed by atoms with van der Waals surface area (Å²) in [6, 6.07) is 15.1. The largest absolute Gasteiger partial charge is 0.490 e. The Morgan fingerprint density at radius 2 is 1.72 bits per heavy atom. The van der Waals surface area contributed by atoms with Crippen LogP contribution in [0.15, 0.2) is 65.8 Å². The molecule has 2 aliphatic carbocycles. The zero-order valence-electron chi connectivity index (χ0n) is 30.3. The van der Waals surface area contributed by atoms with E-state index in [4.69, 9.17) is 21.4 Å². The molecule has 2 aromatic carbocycles. The SMILES string of the molecule is CCN(CCCCCC(=O)CC[C@H](O)[C@@H](O)[C@H](O)[C@H](O)CO)S(=O)(=O)c1ccc(Cl)c(CCC2(c3cnccc3-c3ccccc3OC3CC3)CC2)c1. The van der Waals surface area contributed by atoms with Gasteiger partial charge in [0.2, 0.25) is 10.0 Å². The van der Waals surface area contributed by atoms with E-state index in [2.05, 4.69) is 17.1 Å². The van der Waals surface area contributed by atoms with E-state index in [-0.39, 0.29) is 48.0 Å². The molecule has 1 aromatic heterocycles. The normalized spacial score (nSPS) is 17.7. The summed E-state index contributed by atoms with van der Waals surface area (Å²) in [6.07, 6.45) is 4.98. The Bertz CT molecular complexity index is 1780. The molecule has 1 heterocycles. The topological polar surface area (TPSA) is 178 Å². The Balaban J connectivity index is 1.14. The number of aliphatic hydroxyl groups is 5. The summed E-state index contributed by atoms with van der Waals surface area (Å²) in [4.78, 5) is 17.0. The molecule has 5 rings (SSSR count). The van der Waals surface area contributed by atoms with Crippen LogP contribution < -0.4 is 4.74 Å². The van der Waals surface area contributed by atoms with E-state index in [1.165, 1.54) is 9.87 Å². The van der Waals surface area contributed by atoms with Gasteiger partial charge in [0.25, 0.3) is 0 Å². The number of pyridine rings is 1. The van der Waals surface area contributed by atoms with Crippen molar-refractivity contribution in [1.29, 1.82) is 0 Å². The zero-order chi connectivity index (χ0) is 38.2. The number of sulfonamides is 1. The van der Waals surface area contributed by atoms with E-state index in [9.17, 15) is 33.6 Å². The summed E-state index contributed by atoms with van der Waals surface area (Å²) in [7, 11) is -3.80. The van der Waals surface area contributed by atoms with Crippen LogP contribution in [0.1, 0.15) is 88.7 Å². The predicted molar refractivity (Wildman–Crippen MR) is 202 cm³/mol. The molecule has 5 N–H and O–H groups in total. The molecular formula is C40H53ClN2O9S. The van der Waals surface area contributed by atoms with Crippen LogP contribution in [0.4, 0.5) is 0 Å². The van der Waals surface area contributed by atoms with Gasteiger partial charge in [-0.2, -0.15) is 4.31 Å². The van der Waals surface area contributed by atoms with Gasteiger partial charge in [-0.05, 0) is 110 Å². The van der Waals surface area contributed by atoms with E-state index < -0.39 is 41.0 Å². The number of nitrogens with zero attached hydrogens (tertiary/aromatic N) is 2. The van der Waals surface area contributed by atoms with Crippen LogP contribution in [0.5, 0.6) is 5.75 Å². The fourth-order valence-corrected chi connectivity index (χ4v) is 8.59. The maximum atomic E-state index is 13.8. The van der Waals surface area contributed by atoms with Crippen LogP contribution in [0, 0.1) is 0 Å². The smallest absolute Gasteiger partial charge is 0.243 e. The summed E-state index contributed by atoms with van der Waals surface area (Å²) < 4.78 is 35.3. The van der Waals surface area contributed by atoms with Crippen molar-refractivity contribution in [2.75, 3.05) is 19.7 Å². The van der Waals surface area contributed by atoms with Crippen molar-refractivity contribution in [2.45, 2.75) is 125 Å². The van der Waals surface area contributed by atoms with Crippen molar-refractivity contribution in [2.24, 2.45) is 0 Å². The molecule has 0 aliphatic heterocycles. The number of Topliss-reactive ketones (excluding diaryl/α,β-unsaturated/α-hetero) is 1. The first-order valence-electron chi connectivity index (χ1n) is 18.7. The first-order chi connectivity index (χ1) is 25.4. The van der Waals surface area contributed by atoms with Crippen molar-refractivity contribution in [3.63, 3.8) is 0 Å². The van der Waals surface area contributed by atoms with E-state index in [0.29, 0.717) is 37.3 Å². The highest BCUT2D eigenvalue weighted by Crippen LogP contribution is 2.55. The van der Waals surface area contributed by atoms with Gasteiger partial charge in [0, 0.05) is 48.9 Å². The number of halogens is 1. The van der Waals surface area contributed by atoms with Gasteiger partial charge in [0.1, 0.15) is 29.8 Å². The molecule has 0 amide bonds. The van der Waals surface area contributed by atoms with Gasteiger partial charge >= 0.3 is 0 Å². The Morgan fingerprint density at radius 1 is 0.981 bits per heavy atom. The lowest BCUT2D eigenvalue weighted by Crippen LogP contribution is -2.45. The van der Waals surface area contributed by atoms with Crippen molar-refractivity contribution < 1.29 is 43.5 Å². The molecule has 11 nitrogen and oxygen atoms in total. The number of hydrogen-bond acceptors (Lipinski definition) is 10. The summed E-state index contributed by atoms with van der Waals surface area (Å²) in [6.45, 7) is 1.60. The van der Waals surface area contributed by atoms with Gasteiger partial charge in [0.15, 0.2) is 0 Å². The van der Waals surface area contributed by atoms with Gasteiger partial charge in [-0.1, -0.05) is 43.1 Å². The number of para-hydroxylation sites is 1. The van der Waals surface area contributed by atoms with Crippen LogP contribution in [0.3, 0.4) is 0 Å². The molecule has 4 atom stereocenters. The second-order valence-corrected chi connectivity index (χ2v) is 16.8. The Morgan fingerprint density at radius 3 is 2.42 bits per heavy atom. The summed E-state index contributed by atoms with van der Waals surface area (Å²) in [5, 5.41) is 48.6. The van der Waals surface area contributed by atoms with Gasteiger partial charge in [-0.25, -0.2) is 8.42 Å². The Labute approximate surface area is 317 Å². The van der Waals surface area contributed by atoms with Gasteiger partial charge in [-0.3, -0.25) is 9.78 Å². The van der Waals surface area contributed by atoms with Crippen LogP contribution in [0.25, 0.3) is 11.1 Å². The molecule has 0 unspecified atom stereocenters. The molecule has 13 heteroatoms. The van der Waals surface area contributed by atoms with Crippen LogP contribution in [0.2, 0.25) is 5.02 Å². The molecule has 0 saturated heterocycles. The number of rotatable bonds is 23. The molecule has 2 saturated carbocycles. The second kappa shape index (κ2) is 18.6. The molecule has 0 radical (unpaired) electrons. The number of aryl methyl sites for hydroxylation is 1. The quantitative estimate of drug-likeness (QED) is 0.0828. The fraction of sp³-hybridized carbons (Fsp3) is 0.550. The summed E-state index contributed by atoms with van der Waals surface area (Å²) in [5.41, 5.74) is 4.06. The maximum absolute atomic E-state index is 13.8. The van der Waals surface area contributed by atoms with Crippen molar-refractivity contribution in [3.8, 4) is 16.9 Å². The van der Waals surface area contributed by atoms with E-state index in [0.717, 1.165) is 54.5 Å². The summed E-state index contributed by atoms with van der Waals surface area (Å²) >= 11 is 6.67. The number of carbonyl (C=O) groups excluding carboxylic acids is 1. The third-order valence-electron chi connectivity index (χ3n) is 10.5. The fourth-order valence-electron chi connectivity index (χ4n) is 6.84. The van der Waals surface area contributed by atoms with Crippen molar-refractivity contribution >= 4 is 27.4 Å². The number of aromatic nitrogens is 1. The average Bonchev–Trinajstić information content (AvgIpc) is 4.11. The number of unbranched alkanes of at least 4 members (excludes halogenated alkanes) is 2. The highest BCUT2D eigenvalue weighted by molar-refractivity contribution is 7.89. The number of hydrogen-bond donors (Lipinski definition) is 5. The Hall–Kier alpha value is -2.94. The molecule has 2 aliphatic rings. The molecule has 53 heavy (non-hydrogen) atoms. The number of ether oxygens (including phenoxy) is 1. The molecule has 2 fully saturated rings. The van der Waals surface area contributed by atoms with Crippen LogP contribution >= 0.6 is 11.6 Å². The number of ketones is 1. The standard InChI is InChI=1S/C40H53ClN2O9S/c1-2-43(23-7-3-4-8-28(45)11-16-35(46)38(48)39(49)36(47)26-44)53(50,51)30-14-15-34(41)27(24-30)17-19-40(20-21-40)33-25-42-22-18-31(33)32-9-5-6-10-37(32)52-29-12-13-29/h5-6,9-10,14-15,18,22,24-25,29,35-36,38-39,44,46-49H,2-4,7-8,11-13,16-17,19-21,23,26H2,1H3/t35-,36+,38+,39+/m0/s1. The predicted octanol–water partition coefficient (Wildman–Crippen LogP) is 4.96. The number of benzene rings is 2. The van der Waals surface area contributed by atoms with Crippen LogP contribution in [-0.2, 0) is 26.7 Å². The third kappa shape index (κ3) is 10.6. The Kier molecular flexibility index (Phi) is 14.5. The first-order valence-corrected chi connectivity index (χ1v) is 20.6. The molecule has 0 spiro atoms. The lowest BCUT2D eigenvalue weighted by atomic mass is 9.85. The average molecular weight is 773 g/mol. The minimum absolute atomic E-state index is 0.0254. The molecular weight excluding hydrogens is 720 g/mol. The lowest BCUT2D eigenvalue weighted by Gasteiger charge is -2.25. The zero-order valence-corrected chi connectivity index (χ0v) is 31.9. The molecule has 0 bridgehead atoms. The minimum atomic E-state index is -3.80. The highest BCUT2D eigenvalue weighted by atomic mass is 35.5. The lowest BCUT2D eigenvalue weighted by molar-refractivity contribution is -0.125. The van der Waals surface area contributed by atoms with Crippen molar-refractivity contribution in [1.82, 2.24) is 9.29 Å². The number of carbonyl (C=O) groups is 1. The third-order valence-corrected chi connectivity index (χ3v) is 12.9. The van der Waals surface area contributed by atoms with Gasteiger partial charge in [-0.15, -0.1) is 0 Å². The van der Waals surface area contributed by atoms with E-state index >= 15 is 0 Å². The number of aliphatic hydroxyl groups excluding tert-OH is 5. The highest BCUT2D eigenvalue weighted by Gasteiger charge is 2.45. The molecule has 290 valence electrons. The van der Waals surface area contributed by atoms with Crippen molar-refractivity contribution in [3.05, 3.63) is 77.1 Å². The monoisotopic (exact) mass is 772 g/mol. The van der Waals surface area contributed by atoms with E-state index in [1.54, 1.807) is 25.1 Å². The van der Waals surface area contributed by atoms with Gasteiger partial charge < -0.3 is 30.3 Å². The second-order valence-electron chi connectivity index (χ2n) is 14.5. The van der Waals surface area contributed by atoms with E-state index in [1.807, 2.05) is 30.6 Å². The maximum Gasteiger partial charge on any atom is 0.243 e. The summed E-state index contributed by atoms with van der Waals surface area (Å²) in [5.74, 6) is 0.750. The van der Waals surface area contributed by atoms with Gasteiger partial charge in [0.05, 0.1) is 23.7 Å². The van der Waals surface area contributed by atoms with Crippen LogP contribution in [-0.4, -0.2) is 99.2 Å². The minimum Gasteiger partial charge on any atom is -0.490 e.